The third kappa shape index (κ3) is 2.72. The van der Waals surface area contributed by atoms with E-state index in [2.05, 4.69) is 4.74 Å². The van der Waals surface area contributed by atoms with Gasteiger partial charge in [0, 0.05) is 6.54 Å². The summed E-state index contributed by atoms with van der Waals surface area (Å²) < 4.78 is 34.7. The fourth-order valence-corrected chi connectivity index (χ4v) is 2.70. The number of carbonyl (C=O) groups is 1. The molecule has 1 fully saturated rings. The van der Waals surface area contributed by atoms with Crippen molar-refractivity contribution in [1.82, 2.24) is 4.31 Å². The van der Waals surface area contributed by atoms with E-state index in [1.165, 1.54) is 11.4 Å². The van der Waals surface area contributed by atoms with E-state index in [0.717, 1.165) is 0 Å². The number of rotatable bonds is 3. The van der Waals surface area contributed by atoms with Crippen molar-refractivity contribution in [3.8, 4) is 0 Å². The summed E-state index contributed by atoms with van der Waals surface area (Å²) in [4.78, 5) is 11.2. The molecule has 0 aromatic carbocycles. The van der Waals surface area contributed by atoms with E-state index in [-0.39, 0.29) is 19.7 Å². The minimum atomic E-state index is -3.33. The standard InChI is InChI=1S/C9H17NO5S/c1-7(2)16(12,13)10-4-5-15-8(6-10)9(11)14-3/h7-8H,4-6H2,1-3H3. The fourth-order valence-electron chi connectivity index (χ4n) is 1.43. The highest BCUT2D eigenvalue weighted by Crippen LogP contribution is 2.14. The van der Waals surface area contributed by atoms with Gasteiger partial charge in [-0.05, 0) is 13.8 Å². The average molecular weight is 251 g/mol. The predicted octanol–water partition coefficient (Wildman–Crippen LogP) is -0.402. The molecule has 7 heteroatoms. The normalized spacial score (nSPS) is 23.4. The van der Waals surface area contributed by atoms with E-state index in [1.54, 1.807) is 13.8 Å². The lowest BCUT2D eigenvalue weighted by atomic mass is 10.3. The molecule has 0 amide bonds. The third-order valence-corrected chi connectivity index (χ3v) is 4.69. The van der Waals surface area contributed by atoms with Crippen LogP contribution in [-0.4, -0.2) is 56.9 Å². The van der Waals surface area contributed by atoms with Gasteiger partial charge in [0.25, 0.3) is 0 Å². The van der Waals surface area contributed by atoms with Gasteiger partial charge in [-0.2, -0.15) is 4.31 Å². The quantitative estimate of drug-likeness (QED) is 0.638. The van der Waals surface area contributed by atoms with Crippen LogP contribution in [0, 0.1) is 0 Å². The zero-order valence-electron chi connectivity index (χ0n) is 9.67. The van der Waals surface area contributed by atoms with Gasteiger partial charge in [-0.15, -0.1) is 0 Å². The van der Waals surface area contributed by atoms with Crippen molar-refractivity contribution < 1.29 is 22.7 Å². The third-order valence-electron chi connectivity index (χ3n) is 2.45. The number of sulfonamides is 1. The Morgan fingerprint density at radius 1 is 1.50 bits per heavy atom. The predicted molar refractivity (Wildman–Crippen MR) is 57.4 cm³/mol. The lowest BCUT2D eigenvalue weighted by Crippen LogP contribution is -2.50. The molecule has 1 atom stereocenters. The van der Waals surface area contributed by atoms with Crippen LogP contribution < -0.4 is 0 Å². The van der Waals surface area contributed by atoms with Crippen molar-refractivity contribution in [3.63, 3.8) is 0 Å². The Kier molecular flexibility index (Phi) is 4.28. The fraction of sp³-hybridized carbons (Fsp3) is 0.889. The second kappa shape index (κ2) is 5.11. The number of methoxy groups -OCH3 is 1. The maximum atomic E-state index is 11.9. The summed E-state index contributed by atoms with van der Waals surface area (Å²) in [5.74, 6) is -0.538. The van der Waals surface area contributed by atoms with Gasteiger partial charge in [0.05, 0.1) is 25.5 Å². The first kappa shape index (κ1) is 13.4. The Labute approximate surface area is 95.6 Å². The summed E-state index contributed by atoms with van der Waals surface area (Å²) in [6, 6.07) is 0. The van der Waals surface area contributed by atoms with E-state index < -0.39 is 27.3 Å². The van der Waals surface area contributed by atoms with Gasteiger partial charge >= 0.3 is 5.97 Å². The molecule has 1 rings (SSSR count). The van der Waals surface area contributed by atoms with Crippen LogP contribution in [0.1, 0.15) is 13.8 Å². The summed E-state index contributed by atoms with van der Waals surface area (Å²) in [6.07, 6.45) is -0.813. The molecule has 0 saturated carbocycles. The molecule has 1 unspecified atom stereocenters. The first-order valence-corrected chi connectivity index (χ1v) is 6.58. The molecule has 0 bridgehead atoms. The first-order chi connectivity index (χ1) is 7.39. The van der Waals surface area contributed by atoms with Crippen LogP contribution in [-0.2, 0) is 24.3 Å². The monoisotopic (exact) mass is 251 g/mol. The topological polar surface area (TPSA) is 72.9 Å². The largest absolute Gasteiger partial charge is 0.467 e. The summed E-state index contributed by atoms with van der Waals surface area (Å²) in [5, 5.41) is -0.496. The first-order valence-electron chi connectivity index (χ1n) is 5.08. The van der Waals surface area contributed by atoms with Gasteiger partial charge in [-0.25, -0.2) is 13.2 Å². The van der Waals surface area contributed by atoms with Crippen LogP contribution in [0.5, 0.6) is 0 Å². The van der Waals surface area contributed by atoms with Crippen molar-refractivity contribution in [3.05, 3.63) is 0 Å². The van der Waals surface area contributed by atoms with E-state index in [1.807, 2.05) is 0 Å². The van der Waals surface area contributed by atoms with E-state index >= 15 is 0 Å². The Hall–Kier alpha value is -0.660. The summed E-state index contributed by atoms with van der Waals surface area (Å²) in [6.45, 7) is 3.75. The molecule has 0 aliphatic carbocycles. The number of ether oxygens (including phenoxy) is 2. The average Bonchev–Trinajstić information content (AvgIpc) is 2.28. The summed E-state index contributed by atoms with van der Waals surface area (Å²) in [7, 11) is -2.08. The highest BCUT2D eigenvalue weighted by molar-refractivity contribution is 7.89. The molecule has 94 valence electrons. The molecule has 1 aliphatic rings. The maximum Gasteiger partial charge on any atom is 0.336 e. The van der Waals surface area contributed by atoms with Crippen LogP contribution >= 0.6 is 0 Å². The SMILES string of the molecule is COC(=O)C1CN(S(=O)(=O)C(C)C)CCO1. The Balaban J connectivity index is 2.75. The van der Waals surface area contributed by atoms with Gasteiger partial charge in [-0.3, -0.25) is 0 Å². The number of hydrogen-bond acceptors (Lipinski definition) is 5. The Morgan fingerprint density at radius 2 is 2.12 bits per heavy atom. The lowest BCUT2D eigenvalue weighted by Gasteiger charge is -2.31. The van der Waals surface area contributed by atoms with Gasteiger partial charge < -0.3 is 9.47 Å². The minimum absolute atomic E-state index is 0.0349. The Morgan fingerprint density at radius 3 is 2.62 bits per heavy atom. The number of nitrogens with zero attached hydrogens (tertiary/aromatic N) is 1. The lowest BCUT2D eigenvalue weighted by molar-refractivity contribution is -0.157. The molecular formula is C9H17NO5S. The summed E-state index contributed by atoms with van der Waals surface area (Å²) >= 11 is 0. The molecule has 6 nitrogen and oxygen atoms in total. The van der Waals surface area contributed by atoms with Crippen molar-refractivity contribution in [2.45, 2.75) is 25.2 Å². The second-order valence-electron chi connectivity index (χ2n) is 3.83. The number of esters is 1. The Bertz CT molecular complexity index is 351. The van der Waals surface area contributed by atoms with E-state index in [9.17, 15) is 13.2 Å². The maximum absolute atomic E-state index is 11.9. The van der Waals surface area contributed by atoms with Gasteiger partial charge in [0.2, 0.25) is 10.0 Å². The van der Waals surface area contributed by atoms with Crippen molar-refractivity contribution >= 4 is 16.0 Å². The molecule has 0 radical (unpaired) electrons. The molecule has 1 heterocycles. The van der Waals surface area contributed by atoms with E-state index in [0.29, 0.717) is 0 Å². The second-order valence-corrected chi connectivity index (χ2v) is 6.32. The van der Waals surface area contributed by atoms with Crippen LogP contribution in [0.15, 0.2) is 0 Å². The molecule has 0 aromatic heterocycles. The molecular weight excluding hydrogens is 234 g/mol. The van der Waals surface area contributed by atoms with Crippen molar-refractivity contribution in [2.75, 3.05) is 26.8 Å². The van der Waals surface area contributed by atoms with Crippen LogP contribution in [0.25, 0.3) is 0 Å². The van der Waals surface area contributed by atoms with Crippen LogP contribution in [0.4, 0.5) is 0 Å². The molecule has 16 heavy (non-hydrogen) atoms. The minimum Gasteiger partial charge on any atom is -0.467 e. The zero-order chi connectivity index (χ0) is 12.3. The molecule has 1 aliphatic heterocycles. The smallest absolute Gasteiger partial charge is 0.336 e. The molecule has 1 saturated heterocycles. The van der Waals surface area contributed by atoms with Crippen molar-refractivity contribution in [2.24, 2.45) is 0 Å². The van der Waals surface area contributed by atoms with Crippen LogP contribution in [0.2, 0.25) is 0 Å². The molecule has 0 spiro atoms. The highest BCUT2D eigenvalue weighted by Gasteiger charge is 2.34. The van der Waals surface area contributed by atoms with Gasteiger partial charge in [-0.1, -0.05) is 0 Å². The van der Waals surface area contributed by atoms with E-state index in [4.69, 9.17) is 4.74 Å². The molecule has 0 aromatic rings. The number of morpholine rings is 1. The highest BCUT2D eigenvalue weighted by atomic mass is 32.2. The van der Waals surface area contributed by atoms with Crippen molar-refractivity contribution in [1.29, 1.82) is 0 Å². The van der Waals surface area contributed by atoms with Crippen LogP contribution in [0.3, 0.4) is 0 Å². The molecule has 0 N–H and O–H groups in total. The zero-order valence-corrected chi connectivity index (χ0v) is 10.5. The number of hydrogen-bond donors (Lipinski definition) is 0. The van der Waals surface area contributed by atoms with Gasteiger partial charge in [0.15, 0.2) is 6.10 Å². The number of carbonyl (C=O) groups excluding carboxylic acids is 1. The van der Waals surface area contributed by atoms with Gasteiger partial charge in [0.1, 0.15) is 0 Å². The summed E-state index contributed by atoms with van der Waals surface area (Å²) in [5.41, 5.74) is 0.